The molecular formula is C29H38ClN5S. The lowest BCUT2D eigenvalue weighted by Crippen LogP contribution is -2.25. The minimum atomic E-state index is 0. The summed E-state index contributed by atoms with van der Waals surface area (Å²) < 4.78 is 0. The quantitative estimate of drug-likeness (QED) is 0.223. The van der Waals surface area contributed by atoms with Gasteiger partial charge in [-0.25, -0.2) is 9.98 Å². The SMILES string of the molecule is CCCCCCN(CCCCCC)c1nc(N)c(C2=NC(=N)c3ccc(-c4ccccc4)cc32)s1.Cl. The van der Waals surface area contributed by atoms with Crippen LogP contribution in [-0.2, 0) is 0 Å². The molecule has 1 aliphatic heterocycles. The number of anilines is 2. The molecule has 0 amide bonds. The van der Waals surface area contributed by atoms with Gasteiger partial charge in [-0.05, 0) is 36.1 Å². The van der Waals surface area contributed by atoms with E-state index in [1.165, 1.54) is 51.4 Å². The van der Waals surface area contributed by atoms with Crippen LogP contribution in [-0.4, -0.2) is 29.6 Å². The highest BCUT2D eigenvalue weighted by atomic mass is 35.5. The zero-order valence-electron chi connectivity index (χ0n) is 21.4. The average Bonchev–Trinajstić information content (AvgIpc) is 3.42. The summed E-state index contributed by atoms with van der Waals surface area (Å²) in [6.07, 6.45) is 9.85. The number of hydrogen-bond donors (Lipinski definition) is 2. The topological polar surface area (TPSA) is 78.4 Å². The smallest absolute Gasteiger partial charge is 0.187 e. The maximum atomic E-state index is 8.45. The van der Waals surface area contributed by atoms with Crippen LogP contribution in [0, 0.1) is 5.41 Å². The first-order chi connectivity index (χ1) is 17.1. The van der Waals surface area contributed by atoms with Crippen LogP contribution in [0.5, 0.6) is 0 Å². The molecule has 36 heavy (non-hydrogen) atoms. The molecule has 2 aromatic carbocycles. The third-order valence-corrected chi connectivity index (χ3v) is 7.69. The fourth-order valence-electron chi connectivity index (χ4n) is 4.55. The number of benzene rings is 2. The van der Waals surface area contributed by atoms with Gasteiger partial charge in [0, 0.05) is 24.2 Å². The lowest BCUT2D eigenvalue weighted by Gasteiger charge is -2.21. The van der Waals surface area contributed by atoms with Gasteiger partial charge in [-0.2, -0.15) is 0 Å². The molecule has 7 heteroatoms. The first-order valence-electron chi connectivity index (χ1n) is 13.0. The summed E-state index contributed by atoms with van der Waals surface area (Å²) in [4.78, 5) is 12.7. The molecule has 2 heterocycles. The maximum absolute atomic E-state index is 8.45. The van der Waals surface area contributed by atoms with E-state index in [9.17, 15) is 0 Å². The van der Waals surface area contributed by atoms with Crippen molar-refractivity contribution in [2.75, 3.05) is 23.7 Å². The molecule has 0 unspecified atom stereocenters. The molecule has 0 saturated carbocycles. The molecular weight excluding hydrogens is 486 g/mol. The van der Waals surface area contributed by atoms with E-state index in [4.69, 9.17) is 16.1 Å². The zero-order valence-corrected chi connectivity index (χ0v) is 23.1. The summed E-state index contributed by atoms with van der Waals surface area (Å²) >= 11 is 1.62. The third kappa shape index (κ3) is 6.54. The fraction of sp³-hybridized carbons (Fsp3) is 0.414. The summed E-state index contributed by atoms with van der Waals surface area (Å²) in [6.45, 7) is 6.51. The molecule has 0 atom stereocenters. The molecule has 0 spiro atoms. The zero-order chi connectivity index (χ0) is 24.6. The Kier molecular flexibility index (Phi) is 10.5. The first-order valence-corrected chi connectivity index (χ1v) is 13.8. The van der Waals surface area contributed by atoms with Gasteiger partial charge in [-0.15, -0.1) is 12.4 Å². The fourth-order valence-corrected chi connectivity index (χ4v) is 5.59. The largest absolute Gasteiger partial charge is 0.382 e. The number of nitrogens with zero attached hydrogens (tertiary/aromatic N) is 3. The van der Waals surface area contributed by atoms with E-state index >= 15 is 0 Å². The molecule has 5 nitrogen and oxygen atoms in total. The van der Waals surface area contributed by atoms with Crippen molar-refractivity contribution in [3.8, 4) is 11.1 Å². The molecule has 3 aromatic rings. The second kappa shape index (κ2) is 13.6. The summed E-state index contributed by atoms with van der Waals surface area (Å²) in [6, 6.07) is 16.5. The Labute approximate surface area is 225 Å². The normalized spacial score (nSPS) is 12.3. The number of aliphatic imine (C=N–C) groups is 1. The minimum Gasteiger partial charge on any atom is -0.382 e. The molecule has 0 saturated heterocycles. The number of unbranched alkanes of at least 4 members (excludes halogenated alkanes) is 6. The average molecular weight is 524 g/mol. The van der Waals surface area contributed by atoms with Crippen molar-refractivity contribution in [3.05, 3.63) is 64.5 Å². The minimum absolute atomic E-state index is 0. The van der Waals surface area contributed by atoms with Crippen LogP contribution in [0.1, 0.15) is 81.2 Å². The Hall–Kier alpha value is -2.70. The van der Waals surface area contributed by atoms with E-state index in [0.29, 0.717) is 11.7 Å². The van der Waals surface area contributed by atoms with Crippen LogP contribution in [0.3, 0.4) is 0 Å². The second-order valence-electron chi connectivity index (χ2n) is 9.25. The molecule has 3 N–H and O–H groups in total. The maximum Gasteiger partial charge on any atom is 0.187 e. The number of nitrogens with two attached hydrogens (primary N) is 1. The van der Waals surface area contributed by atoms with Gasteiger partial charge in [0.25, 0.3) is 0 Å². The highest BCUT2D eigenvalue weighted by Crippen LogP contribution is 2.35. The summed E-state index contributed by atoms with van der Waals surface area (Å²) in [5.74, 6) is 0.807. The number of thiazole rings is 1. The monoisotopic (exact) mass is 523 g/mol. The Bertz CT molecular complexity index is 1160. The van der Waals surface area contributed by atoms with Crippen molar-refractivity contribution in [1.29, 1.82) is 5.41 Å². The predicted molar refractivity (Wildman–Crippen MR) is 159 cm³/mol. The molecule has 0 fully saturated rings. The number of amidine groups is 1. The van der Waals surface area contributed by atoms with Crippen molar-refractivity contribution in [3.63, 3.8) is 0 Å². The lowest BCUT2D eigenvalue weighted by molar-refractivity contribution is 0.608. The van der Waals surface area contributed by atoms with Crippen LogP contribution in [0.2, 0.25) is 0 Å². The Morgan fingerprint density at radius 1 is 0.833 bits per heavy atom. The van der Waals surface area contributed by atoms with Crippen molar-refractivity contribution in [1.82, 2.24) is 4.98 Å². The third-order valence-electron chi connectivity index (χ3n) is 6.55. The van der Waals surface area contributed by atoms with Gasteiger partial charge in [0.2, 0.25) is 0 Å². The van der Waals surface area contributed by atoms with Gasteiger partial charge in [-0.3, -0.25) is 5.41 Å². The van der Waals surface area contributed by atoms with E-state index in [0.717, 1.165) is 51.1 Å². The van der Waals surface area contributed by atoms with Crippen molar-refractivity contribution in [2.24, 2.45) is 4.99 Å². The van der Waals surface area contributed by atoms with Crippen LogP contribution in [0.4, 0.5) is 10.9 Å². The summed E-state index contributed by atoms with van der Waals surface area (Å²) in [5, 5.41) is 9.43. The molecule has 192 valence electrons. The van der Waals surface area contributed by atoms with Crippen LogP contribution in [0.25, 0.3) is 11.1 Å². The van der Waals surface area contributed by atoms with Crippen molar-refractivity contribution >= 4 is 46.2 Å². The standard InChI is InChI=1S/C29H37N5S.ClH/c1-3-5-7-12-18-34(19-13-8-6-4-2)29-33-28(31)26(35-29)25-24-20-22(21-14-10-9-11-15-21)16-17-23(24)27(30)32-25;/h9-11,14-17,20,30H,3-8,12-13,18-19,31H2,1-2H3;1H. The number of fused-ring (bicyclic) bond motifs is 1. The molecule has 1 aromatic heterocycles. The molecule has 0 bridgehead atoms. The molecule has 0 radical (unpaired) electrons. The highest BCUT2D eigenvalue weighted by Gasteiger charge is 2.27. The van der Waals surface area contributed by atoms with Gasteiger partial charge in [0.05, 0.1) is 10.6 Å². The van der Waals surface area contributed by atoms with Gasteiger partial charge in [0.1, 0.15) is 5.82 Å². The van der Waals surface area contributed by atoms with E-state index in [2.05, 4.69) is 48.0 Å². The van der Waals surface area contributed by atoms with Gasteiger partial charge in [-0.1, -0.05) is 100 Å². The van der Waals surface area contributed by atoms with E-state index in [1.54, 1.807) is 11.3 Å². The van der Waals surface area contributed by atoms with E-state index in [-0.39, 0.29) is 12.4 Å². The number of rotatable bonds is 13. The van der Waals surface area contributed by atoms with Gasteiger partial charge in [0.15, 0.2) is 11.0 Å². The Morgan fingerprint density at radius 2 is 1.50 bits per heavy atom. The summed E-state index contributed by atoms with van der Waals surface area (Å²) in [5.41, 5.74) is 11.3. The number of nitrogen functional groups attached to an aromatic ring is 1. The summed E-state index contributed by atoms with van der Waals surface area (Å²) in [7, 11) is 0. The second-order valence-corrected chi connectivity index (χ2v) is 10.2. The molecule has 0 aliphatic carbocycles. The Morgan fingerprint density at radius 3 is 2.14 bits per heavy atom. The van der Waals surface area contributed by atoms with E-state index in [1.807, 2.05) is 24.3 Å². The highest BCUT2D eigenvalue weighted by molar-refractivity contribution is 7.18. The van der Waals surface area contributed by atoms with Gasteiger partial charge >= 0.3 is 0 Å². The van der Waals surface area contributed by atoms with E-state index < -0.39 is 0 Å². The van der Waals surface area contributed by atoms with Crippen molar-refractivity contribution in [2.45, 2.75) is 65.2 Å². The molecule has 4 rings (SSSR count). The van der Waals surface area contributed by atoms with Crippen molar-refractivity contribution < 1.29 is 0 Å². The van der Waals surface area contributed by atoms with Crippen LogP contribution >= 0.6 is 23.7 Å². The predicted octanol–water partition coefficient (Wildman–Crippen LogP) is 7.96. The van der Waals surface area contributed by atoms with Gasteiger partial charge < -0.3 is 10.6 Å². The first kappa shape index (κ1) is 27.9. The number of aromatic nitrogens is 1. The lowest BCUT2D eigenvalue weighted by atomic mass is 9.97. The van der Waals surface area contributed by atoms with Crippen LogP contribution in [0.15, 0.2) is 53.5 Å². The number of halogens is 1. The number of hydrogen-bond acceptors (Lipinski definition) is 5. The van der Waals surface area contributed by atoms with Crippen LogP contribution < -0.4 is 10.6 Å². The number of nitrogens with one attached hydrogen (secondary N) is 1. The molecule has 1 aliphatic rings. The Balaban J connectivity index is 0.00000361.